The molecule has 0 spiro atoms. The van der Waals surface area contributed by atoms with Crippen LogP contribution in [0.25, 0.3) is 38.4 Å². The Morgan fingerprint density at radius 3 is 1.86 bits per heavy atom. The maximum atomic E-state index is 10.1. The van der Waals surface area contributed by atoms with E-state index in [1.165, 1.54) is 16.3 Å². The fourth-order valence-electron chi connectivity index (χ4n) is 5.76. The standard InChI is InChI=1S/C37H28BN2O2/c41-38(42)36-21-22-37(35-15-7-6-14-34(35)36)40(31-23-25-39(26-24-31)29-11-2-1-3-12-29)30-19-17-28(18-20-30)33-16-8-10-27-9-4-5-13-32(27)33/h1-26,41-42H/q+1. The van der Waals surface area contributed by atoms with Gasteiger partial charge in [0.25, 0.3) is 0 Å². The summed E-state index contributed by atoms with van der Waals surface area (Å²) in [6.07, 6.45) is 4.13. The summed E-state index contributed by atoms with van der Waals surface area (Å²) in [5, 5.41) is 24.3. The number of nitrogens with zero attached hydrogens (tertiary/aromatic N) is 2. The number of para-hydroxylation sites is 1. The molecule has 0 fully saturated rings. The average molecular weight is 543 g/mol. The molecule has 0 atom stereocenters. The molecule has 0 aliphatic carbocycles. The smallest absolute Gasteiger partial charge is 0.423 e. The van der Waals surface area contributed by atoms with Crippen LogP contribution in [0, 0.1) is 0 Å². The maximum Gasteiger partial charge on any atom is 0.489 e. The first-order valence-corrected chi connectivity index (χ1v) is 14.0. The fourth-order valence-corrected chi connectivity index (χ4v) is 5.76. The summed E-state index contributed by atoms with van der Waals surface area (Å²) in [4.78, 5) is 2.22. The molecule has 6 aromatic carbocycles. The second kappa shape index (κ2) is 11.0. The van der Waals surface area contributed by atoms with E-state index in [4.69, 9.17) is 0 Å². The van der Waals surface area contributed by atoms with Gasteiger partial charge in [-0.15, -0.1) is 0 Å². The first kappa shape index (κ1) is 25.7. The number of aromatic nitrogens is 1. The first-order valence-electron chi connectivity index (χ1n) is 14.0. The average Bonchev–Trinajstić information content (AvgIpc) is 3.05. The Morgan fingerprint density at radius 2 is 1.12 bits per heavy atom. The van der Waals surface area contributed by atoms with Crippen molar-refractivity contribution in [1.82, 2.24) is 0 Å². The molecule has 1 heterocycles. The van der Waals surface area contributed by atoms with Crippen molar-refractivity contribution in [1.29, 1.82) is 0 Å². The molecule has 0 aliphatic heterocycles. The summed E-state index contributed by atoms with van der Waals surface area (Å²) in [6.45, 7) is 0. The molecule has 200 valence electrons. The van der Waals surface area contributed by atoms with Gasteiger partial charge in [-0.2, -0.15) is 4.57 Å². The fraction of sp³-hybridized carbons (Fsp3) is 0. The summed E-state index contributed by atoms with van der Waals surface area (Å²) >= 11 is 0. The highest BCUT2D eigenvalue weighted by atomic mass is 16.4. The third-order valence-corrected chi connectivity index (χ3v) is 7.80. The molecule has 0 amide bonds. The third kappa shape index (κ3) is 4.71. The van der Waals surface area contributed by atoms with Gasteiger partial charge in [-0.05, 0) is 50.9 Å². The number of pyridine rings is 1. The Labute approximate surface area is 245 Å². The molecule has 42 heavy (non-hydrogen) atoms. The van der Waals surface area contributed by atoms with Crippen LogP contribution in [0.2, 0.25) is 0 Å². The number of hydrogen-bond donors (Lipinski definition) is 2. The van der Waals surface area contributed by atoms with Gasteiger partial charge in [0, 0.05) is 35.3 Å². The number of anilines is 3. The Kier molecular flexibility index (Phi) is 6.72. The molecule has 0 saturated heterocycles. The van der Waals surface area contributed by atoms with E-state index in [2.05, 4.69) is 113 Å². The van der Waals surface area contributed by atoms with Crippen LogP contribution in [0.1, 0.15) is 0 Å². The van der Waals surface area contributed by atoms with E-state index in [0.717, 1.165) is 39.1 Å². The summed E-state index contributed by atoms with van der Waals surface area (Å²) in [6, 6.07) is 49.6. The summed E-state index contributed by atoms with van der Waals surface area (Å²) < 4.78 is 2.09. The largest absolute Gasteiger partial charge is 0.489 e. The predicted octanol–water partition coefficient (Wildman–Crippen LogP) is 7.09. The minimum atomic E-state index is -1.56. The number of benzene rings is 6. The highest BCUT2D eigenvalue weighted by molar-refractivity contribution is 6.62. The third-order valence-electron chi connectivity index (χ3n) is 7.80. The Hall–Kier alpha value is -5.23. The summed E-state index contributed by atoms with van der Waals surface area (Å²) in [7, 11) is -1.56. The molecule has 0 aliphatic rings. The van der Waals surface area contributed by atoms with Crippen molar-refractivity contribution < 1.29 is 14.6 Å². The van der Waals surface area contributed by atoms with Crippen LogP contribution >= 0.6 is 0 Å². The second-order valence-corrected chi connectivity index (χ2v) is 10.3. The van der Waals surface area contributed by atoms with Gasteiger partial charge >= 0.3 is 7.12 Å². The Balaban J connectivity index is 1.37. The van der Waals surface area contributed by atoms with Crippen LogP contribution < -0.4 is 14.9 Å². The van der Waals surface area contributed by atoms with Gasteiger partial charge in [-0.3, -0.25) is 0 Å². The summed E-state index contributed by atoms with van der Waals surface area (Å²) in [5.41, 5.74) is 6.85. The van der Waals surface area contributed by atoms with E-state index >= 15 is 0 Å². The number of rotatable bonds is 6. The van der Waals surface area contributed by atoms with Crippen molar-refractivity contribution in [2.75, 3.05) is 4.90 Å². The van der Waals surface area contributed by atoms with E-state index in [1.807, 2.05) is 48.5 Å². The Morgan fingerprint density at radius 1 is 0.500 bits per heavy atom. The zero-order valence-corrected chi connectivity index (χ0v) is 22.9. The quantitative estimate of drug-likeness (QED) is 0.174. The van der Waals surface area contributed by atoms with Gasteiger partial charge in [0.1, 0.15) is 0 Å². The topological polar surface area (TPSA) is 47.6 Å². The molecule has 1 aromatic heterocycles. The van der Waals surface area contributed by atoms with Gasteiger partial charge in [-0.1, -0.05) is 103 Å². The molecule has 7 aromatic rings. The molecule has 7 rings (SSSR count). The first-order chi connectivity index (χ1) is 20.7. The minimum Gasteiger partial charge on any atom is -0.423 e. The molecule has 4 nitrogen and oxygen atoms in total. The van der Waals surface area contributed by atoms with Crippen LogP contribution in [0.15, 0.2) is 158 Å². The van der Waals surface area contributed by atoms with Gasteiger partial charge in [0.05, 0.1) is 11.4 Å². The number of fused-ring (bicyclic) bond motifs is 2. The van der Waals surface area contributed by atoms with Crippen molar-refractivity contribution in [2.24, 2.45) is 0 Å². The number of hydrogen-bond acceptors (Lipinski definition) is 3. The van der Waals surface area contributed by atoms with E-state index < -0.39 is 7.12 Å². The normalized spacial score (nSPS) is 11.1. The van der Waals surface area contributed by atoms with Crippen molar-refractivity contribution in [3.8, 4) is 16.8 Å². The summed E-state index contributed by atoms with van der Waals surface area (Å²) in [5.74, 6) is 0. The molecule has 0 bridgehead atoms. The van der Waals surface area contributed by atoms with E-state index in [9.17, 15) is 10.0 Å². The van der Waals surface area contributed by atoms with Crippen molar-refractivity contribution in [3.05, 3.63) is 158 Å². The maximum absolute atomic E-state index is 10.1. The monoisotopic (exact) mass is 543 g/mol. The SMILES string of the molecule is OB(O)c1ccc(N(c2ccc(-c3cccc4ccccc34)cc2)c2cc[n+](-c3ccccc3)cc2)c2ccccc12. The molecule has 0 saturated carbocycles. The van der Waals surface area contributed by atoms with Crippen LogP contribution in [-0.2, 0) is 0 Å². The molecular formula is C37H28BN2O2+. The van der Waals surface area contributed by atoms with Crippen LogP contribution in [0.4, 0.5) is 17.1 Å². The zero-order valence-electron chi connectivity index (χ0n) is 22.9. The van der Waals surface area contributed by atoms with Crippen molar-refractivity contribution in [2.45, 2.75) is 0 Å². The molecule has 0 unspecified atom stereocenters. The lowest BCUT2D eigenvalue weighted by Crippen LogP contribution is -2.31. The predicted molar refractivity (Wildman–Crippen MR) is 173 cm³/mol. The van der Waals surface area contributed by atoms with Gasteiger partial charge < -0.3 is 14.9 Å². The zero-order chi connectivity index (χ0) is 28.5. The van der Waals surface area contributed by atoms with Crippen LogP contribution in [0.5, 0.6) is 0 Å². The molecular weight excluding hydrogens is 515 g/mol. The van der Waals surface area contributed by atoms with Gasteiger partial charge in [0.15, 0.2) is 12.4 Å². The van der Waals surface area contributed by atoms with E-state index in [-0.39, 0.29) is 0 Å². The van der Waals surface area contributed by atoms with Crippen LogP contribution in [0.3, 0.4) is 0 Å². The highest BCUT2D eigenvalue weighted by Gasteiger charge is 2.21. The second-order valence-electron chi connectivity index (χ2n) is 10.3. The molecule has 0 radical (unpaired) electrons. The lowest BCUT2D eigenvalue weighted by Gasteiger charge is -2.27. The van der Waals surface area contributed by atoms with Gasteiger partial charge in [-0.25, -0.2) is 0 Å². The molecule has 5 heteroatoms. The van der Waals surface area contributed by atoms with Crippen LogP contribution in [-0.4, -0.2) is 17.2 Å². The van der Waals surface area contributed by atoms with Crippen molar-refractivity contribution >= 4 is 51.2 Å². The van der Waals surface area contributed by atoms with E-state index in [1.54, 1.807) is 6.07 Å². The minimum absolute atomic E-state index is 0.482. The Bertz CT molecular complexity index is 2000. The lowest BCUT2D eigenvalue weighted by molar-refractivity contribution is -0.595. The van der Waals surface area contributed by atoms with Crippen molar-refractivity contribution in [3.63, 3.8) is 0 Å². The van der Waals surface area contributed by atoms with E-state index in [0.29, 0.717) is 5.46 Å². The molecule has 2 N–H and O–H groups in total. The highest BCUT2D eigenvalue weighted by Crippen LogP contribution is 2.39. The lowest BCUT2D eigenvalue weighted by atomic mass is 9.77. The van der Waals surface area contributed by atoms with Gasteiger partial charge in [0.2, 0.25) is 5.69 Å².